The van der Waals surface area contributed by atoms with Crippen LogP contribution < -0.4 is 14.8 Å². The zero-order valence-electron chi connectivity index (χ0n) is 15.1. The number of carbonyl (C=O) groups is 2. The number of carboxylic acid groups (broad SMARTS) is 2. The molecule has 0 aliphatic heterocycles. The molecule has 8 heteroatoms. The number of nitrogens with one attached hydrogen (secondary N) is 1. The maximum atomic E-state index is 13.0. The fourth-order valence-corrected chi connectivity index (χ4v) is 2.15. The molecule has 2 aromatic carbocycles. The van der Waals surface area contributed by atoms with E-state index in [4.69, 9.17) is 29.3 Å². The van der Waals surface area contributed by atoms with Gasteiger partial charge in [-0.1, -0.05) is 18.2 Å². The molecule has 0 saturated carbocycles. The first kappa shape index (κ1) is 21.9. The quantitative estimate of drug-likeness (QED) is 0.501. The van der Waals surface area contributed by atoms with Gasteiger partial charge in [0.05, 0.1) is 14.2 Å². The number of hydrogen-bond donors (Lipinski definition) is 3. The van der Waals surface area contributed by atoms with Gasteiger partial charge in [-0.2, -0.15) is 0 Å². The molecule has 0 heterocycles. The van der Waals surface area contributed by atoms with Gasteiger partial charge in [-0.05, 0) is 48.4 Å². The molecule has 0 spiro atoms. The van der Waals surface area contributed by atoms with Crippen molar-refractivity contribution in [3.05, 3.63) is 59.4 Å². The van der Waals surface area contributed by atoms with E-state index in [-0.39, 0.29) is 5.82 Å². The first-order chi connectivity index (χ1) is 12.9. The molecular formula is C19H22FNO6. The standard InChI is InChI=1S/C17H20FNO2.C2H2O4/c1-20-16-7-6-13(11-17(16)21-2)8-9-19-12-14-4-3-5-15(18)10-14;3-1(4)2(5)6/h3-7,10-11,19H,8-9,12H2,1-2H3;(H,3,4)(H,5,6). The average Bonchev–Trinajstić information content (AvgIpc) is 2.65. The fourth-order valence-electron chi connectivity index (χ4n) is 2.15. The lowest BCUT2D eigenvalue weighted by atomic mass is 10.1. The molecule has 0 unspecified atom stereocenters. The van der Waals surface area contributed by atoms with Gasteiger partial charge in [-0.15, -0.1) is 0 Å². The predicted molar refractivity (Wildman–Crippen MR) is 96.6 cm³/mol. The number of halogens is 1. The molecule has 0 saturated heterocycles. The van der Waals surface area contributed by atoms with Crippen molar-refractivity contribution in [2.45, 2.75) is 13.0 Å². The van der Waals surface area contributed by atoms with E-state index in [0.717, 1.165) is 30.0 Å². The van der Waals surface area contributed by atoms with E-state index in [9.17, 15) is 4.39 Å². The highest BCUT2D eigenvalue weighted by Crippen LogP contribution is 2.27. The molecule has 2 aromatic rings. The van der Waals surface area contributed by atoms with E-state index < -0.39 is 11.9 Å². The molecule has 27 heavy (non-hydrogen) atoms. The molecule has 0 aliphatic carbocycles. The van der Waals surface area contributed by atoms with E-state index >= 15 is 0 Å². The van der Waals surface area contributed by atoms with E-state index in [1.54, 1.807) is 26.4 Å². The third-order valence-corrected chi connectivity index (χ3v) is 3.44. The van der Waals surface area contributed by atoms with Gasteiger partial charge >= 0.3 is 11.9 Å². The Bertz CT molecular complexity index is 754. The van der Waals surface area contributed by atoms with Crippen LogP contribution in [0.3, 0.4) is 0 Å². The summed E-state index contributed by atoms with van der Waals surface area (Å²) < 4.78 is 23.5. The lowest BCUT2D eigenvalue weighted by Gasteiger charge is -2.10. The van der Waals surface area contributed by atoms with Crippen LogP contribution in [0.4, 0.5) is 4.39 Å². The van der Waals surface area contributed by atoms with E-state index in [0.29, 0.717) is 6.54 Å². The Morgan fingerprint density at radius 1 is 0.963 bits per heavy atom. The maximum Gasteiger partial charge on any atom is 0.414 e. The van der Waals surface area contributed by atoms with Crippen molar-refractivity contribution in [1.82, 2.24) is 5.32 Å². The number of hydrogen-bond acceptors (Lipinski definition) is 5. The van der Waals surface area contributed by atoms with Crippen molar-refractivity contribution >= 4 is 11.9 Å². The number of rotatable bonds is 7. The van der Waals surface area contributed by atoms with Crippen molar-refractivity contribution in [2.75, 3.05) is 20.8 Å². The van der Waals surface area contributed by atoms with Gasteiger partial charge in [-0.25, -0.2) is 14.0 Å². The van der Waals surface area contributed by atoms with Crippen LogP contribution in [0.2, 0.25) is 0 Å². The second-order valence-corrected chi connectivity index (χ2v) is 5.36. The van der Waals surface area contributed by atoms with Crippen LogP contribution in [-0.4, -0.2) is 42.9 Å². The summed E-state index contributed by atoms with van der Waals surface area (Å²) in [4.78, 5) is 18.2. The lowest BCUT2D eigenvalue weighted by Crippen LogP contribution is -2.16. The van der Waals surface area contributed by atoms with Crippen LogP contribution in [0, 0.1) is 5.82 Å². The molecule has 0 atom stereocenters. The topological polar surface area (TPSA) is 105 Å². The predicted octanol–water partition coefficient (Wildman–Crippen LogP) is 2.33. The molecular weight excluding hydrogens is 357 g/mol. The summed E-state index contributed by atoms with van der Waals surface area (Å²) in [6.45, 7) is 1.47. The van der Waals surface area contributed by atoms with Crippen molar-refractivity contribution in [2.24, 2.45) is 0 Å². The van der Waals surface area contributed by atoms with Gasteiger partial charge in [0.25, 0.3) is 0 Å². The summed E-state index contributed by atoms with van der Waals surface area (Å²) in [5.74, 6) is -2.38. The molecule has 0 amide bonds. The van der Waals surface area contributed by atoms with Crippen molar-refractivity contribution in [3.8, 4) is 11.5 Å². The van der Waals surface area contributed by atoms with Crippen LogP contribution in [0.25, 0.3) is 0 Å². The van der Waals surface area contributed by atoms with E-state index in [1.165, 1.54) is 11.6 Å². The molecule has 0 bridgehead atoms. The normalized spacial score (nSPS) is 9.74. The number of benzene rings is 2. The molecule has 0 fully saturated rings. The fraction of sp³-hybridized carbons (Fsp3) is 0.263. The Morgan fingerprint density at radius 3 is 2.19 bits per heavy atom. The summed E-state index contributed by atoms with van der Waals surface area (Å²) in [7, 11) is 3.25. The molecule has 7 nitrogen and oxygen atoms in total. The summed E-state index contributed by atoms with van der Waals surface area (Å²) >= 11 is 0. The lowest BCUT2D eigenvalue weighted by molar-refractivity contribution is -0.159. The minimum Gasteiger partial charge on any atom is -0.493 e. The highest BCUT2D eigenvalue weighted by atomic mass is 19.1. The Hall–Kier alpha value is -3.13. The Kier molecular flexibility index (Phi) is 9.32. The molecule has 3 N–H and O–H groups in total. The molecule has 0 aromatic heterocycles. The number of ether oxygens (including phenoxy) is 2. The minimum atomic E-state index is -1.82. The van der Waals surface area contributed by atoms with Crippen LogP contribution in [0.1, 0.15) is 11.1 Å². The summed E-state index contributed by atoms with van der Waals surface area (Å²) in [6, 6.07) is 12.5. The smallest absolute Gasteiger partial charge is 0.414 e. The van der Waals surface area contributed by atoms with Gasteiger partial charge in [0, 0.05) is 6.54 Å². The van der Waals surface area contributed by atoms with Crippen LogP contribution in [0.5, 0.6) is 11.5 Å². The third kappa shape index (κ3) is 8.19. The first-order valence-corrected chi connectivity index (χ1v) is 7.99. The maximum absolute atomic E-state index is 13.0. The Balaban J connectivity index is 0.000000527. The number of carboxylic acids is 2. The first-order valence-electron chi connectivity index (χ1n) is 7.99. The van der Waals surface area contributed by atoms with Crippen LogP contribution in [-0.2, 0) is 22.6 Å². The average molecular weight is 379 g/mol. The molecule has 0 aliphatic rings. The summed E-state index contributed by atoms with van der Waals surface area (Å²) in [5, 5.41) is 18.1. The van der Waals surface area contributed by atoms with Crippen molar-refractivity contribution < 1.29 is 33.7 Å². The van der Waals surface area contributed by atoms with Gasteiger partial charge in [-0.3, -0.25) is 0 Å². The molecule has 0 radical (unpaired) electrons. The number of methoxy groups -OCH3 is 2. The largest absolute Gasteiger partial charge is 0.493 e. The van der Waals surface area contributed by atoms with Crippen LogP contribution in [0.15, 0.2) is 42.5 Å². The third-order valence-electron chi connectivity index (χ3n) is 3.44. The SMILES string of the molecule is COc1ccc(CCNCc2cccc(F)c2)cc1OC.O=C(O)C(=O)O. The van der Waals surface area contributed by atoms with Gasteiger partial charge in [0.2, 0.25) is 0 Å². The molecule has 2 rings (SSSR count). The zero-order valence-corrected chi connectivity index (χ0v) is 15.1. The van der Waals surface area contributed by atoms with Gasteiger partial charge in [0.1, 0.15) is 5.82 Å². The van der Waals surface area contributed by atoms with Gasteiger partial charge < -0.3 is 25.0 Å². The second kappa shape index (κ2) is 11.5. The van der Waals surface area contributed by atoms with E-state index in [2.05, 4.69) is 5.32 Å². The second-order valence-electron chi connectivity index (χ2n) is 5.36. The Labute approximate surface area is 156 Å². The minimum absolute atomic E-state index is 0.200. The zero-order chi connectivity index (χ0) is 20.2. The number of aliphatic carboxylic acids is 2. The highest BCUT2D eigenvalue weighted by Gasteiger charge is 2.05. The van der Waals surface area contributed by atoms with Gasteiger partial charge in [0.15, 0.2) is 11.5 Å². The summed E-state index contributed by atoms with van der Waals surface area (Å²) in [6.07, 6.45) is 0.871. The van der Waals surface area contributed by atoms with E-state index in [1.807, 2.05) is 24.3 Å². The highest BCUT2D eigenvalue weighted by molar-refractivity contribution is 6.27. The summed E-state index contributed by atoms with van der Waals surface area (Å²) in [5.41, 5.74) is 2.11. The molecule has 146 valence electrons. The van der Waals surface area contributed by atoms with Crippen molar-refractivity contribution in [1.29, 1.82) is 0 Å². The van der Waals surface area contributed by atoms with Crippen molar-refractivity contribution in [3.63, 3.8) is 0 Å². The van der Waals surface area contributed by atoms with Crippen LogP contribution >= 0.6 is 0 Å². The Morgan fingerprint density at radius 2 is 1.63 bits per heavy atom. The monoisotopic (exact) mass is 379 g/mol.